The highest BCUT2D eigenvalue weighted by Crippen LogP contribution is 2.25. The second kappa shape index (κ2) is 6.24. The number of rotatable bonds is 6. The van der Waals surface area contributed by atoms with Gasteiger partial charge in [-0.2, -0.15) is 0 Å². The molecular weight excluding hydrogens is 306 g/mol. The van der Waals surface area contributed by atoms with Gasteiger partial charge < -0.3 is 5.32 Å². The Balaban J connectivity index is 2.71. The van der Waals surface area contributed by atoms with E-state index in [1.165, 1.54) is 6.07 Å². The molecule has 1 aromatic rings. The van der Waals surface area contributed by atoms with Crippen LogP contribution in [-0.2, 0) is 20.3 Å². The Morgan fingerprint density at radius 2 is 1.95 bits per heavy atom. The summed E-state index contributed by atoms with van der Waals surface area (Å²) in [4.78, 5) is 12.6. The van der Waals surface area contributed by atoms with Crippen LogP contribution in [0.5, 0.6) is 0 Å². The van der Waals surface area contributed by atoms with Gasteiger partial charge in [0.1, 0.15) is 4.21 Å². The molecule has 0 saturated carbocycles. The Morgan fingerprint density at radius 1 is 1.37 bits per heavy atom. The number of carbonyl (C=O) groups excluding carboxylic acids is 1. The monoisotopic (exact) mass is 323 g/mol. The molecule has 0 radical (unpaired) electrons. The van der Waals surface area contributed by atoms with Crippen LogP contribution in [0.4, 0.5) is 0 Å². The van der Waals surface area contributed by atoms with Crippen molar-refractivity contribution in [1.82, 2.24) is 5.32 Å². The van der Waals surface area contributed by atoms with Gasteiger partial charge in [0.05, 0.1) is 6.42 Å². The van der Waals surface area contributed by atoms with Crippen LogP contribution in [0.1, 0.15) is 38.5 Å². The number of thiophene rings is 1. The molecule has 108 valence electrons. The summed E-state index contributed by atoms with van der Waals surface area (Å²) < 4.78 is 22.3. The second-order valence-electron chi connectivity index (χ2n) is 4.65. The Hall–Kier alpha value is -0.590. The second-order valence-corrected chi connectivity index (χ2v) is 8.61. The summed E-state index contributed by atoms with van der Waals surface area (Å²) in [6, 6.07) is 3.04. The van der Waals surface area contributed by atoms with Gasteiger partial charge in [0.15, 0.2) is 0 Å². The molecule has 1 N–H and O–H groups in total. The standard InChI is InChI=1S/C12H18ClNO3S2/c1-4-12(3,5-2)14-10(15)8-9-6-7-11(18-9)19(13,16)17/h6-7H,4-5,8H2,1-3H3,(H,14,15). The van der Waals surface area contributed by atoms with Crippen molar-refractivity contribution in [1.29, 1.82) is 0 Å². The van der Waals surface area contributed by atoms with Gasteiger partial charge in [0.2, 0.25) is 5.91 Å². The third-order valence-electron chi connectivity index (χ3n) is 3.21. The van der Waals surface area contributed by atoms with Crippen molar-refractivity contribution in [3.63, 3.8) is 0 Å². The molecule has 0 fully saturated rings. The minimum Gasteiger partial charge on any atom is -0.351 e. The Kier molecular flexibility index (Phi) is 5.41. The first-order valence-electron chi connectivity index (χ1n) is 6.04. The average molecular weight is 324 g/mol. The molecule has 0 saturated heterocycles. The van der Waals surface area contributed by atoms with Crippen molar-refractivity contribution in [2.75, 3.05) is 0 Å². The lowest BCUT2D eigenvalue weighted by molar-refractivity contribution is -0.122. The fraction of sp³-hybridized carbons (Fsp3) is 0.583. The molecule has 1 amide bonds. The normalized spacial score (nSPS) is 12.4. The molecule has 1 heterocycles. The maximum atomic E-state index is 11.9. The summed E-state index contributed by atoms with van der Waals surface area (Å²) in [7, 11) is 1.54. The quantitative estimate of drug-likeness (QED) is 0.819. The van der Waals surface area contributed by atoms with Crippen LogP contribution < -0.4 is 5.32 Å². The van der Waals surface area contributed by atoms with E-state index in [-0.39, 0.29) is 22.1 Å². The molecular formula is C12H18ClNO3S2. The Bertz CT molecular complexity index is 547. The average Bonchev–Trinajstić information content (AvgIpc) is 2.76. The van der Waals surface area contributed by atoms with Crippen molar-refractivity contribution in [3.05, 3.63) is 17.0 Å². The molecule has 0 unspecified atom stereocenters. The van der Waals surface area contributed by atoms with Crippen molar-refractivity contribution in [2.24, 2.45) is 0 Å². The number of halogens is 1. The molecule has 19 heavy (non-hydrogen) atoms. The number of nitrogens with one attached hydrogen (secondary N) is 1. The van der Waals surface area contributed by atoms with Gasteiger partial charge in [0.25, 0.3) is 9.05 Å². The topological polar surface area (TPSA) is 63.2 Å². The molecule has 1 aromatic heterocycles. The summed E-state index contributed by atoms with van der Waals surface area (Å²) in [5, 5.41) is 2.97. The van der Waals surface area contributed by atoms with Crippen molar-refractivity contribution >= 4 is 37.0 Å². The molecule has 0 aromatic carbocycles. The number of hydrogen-bond donors (Lipinski definition) is 1. The molecule has 4 nitrogen and oxygen atoms in total. The molecule has 0 bridgehead atoms. The van der Waals surface area contributed by atoms with Gasteiger partial charge in [-0.15, -0.1) is 11.3 Å². The molecule has 0 aliphatic rings. The van der Waals surface area contributed by atoms with Crippen LogP contribution in [0, 0.1) is 0 Å². The fourth-order valence-electron chi connectivity index (χ4n) is 1.55. The highest BCUT2D eigenvalue weighted by molar-refractivity contribution is 8.15. The van der Waals surface area contributed by atoms with E-state index in [4.69, 9.17) is 10.7 Å². The predicted octanol–water partition coefficient (Wildman–Crippen LogP) is 2.91. The van der Waals surface area contributed by atoms with E-state index in [1.54, 1.807) is 6.07 Å². The van der Waals surface area contributed by atoms with Crippen LogP contribution in [0.3, 0.4) is 0 Å². The SMILES string of the molecule is CCC(C)(CC)NC(=O)Cc1ccc(S(=O)(=O)Cl)s1. The predicted molar refractivity (Wildman–Crippen MR) is 78.2 cm³/mol. The largest absolute Gasteiger partial charge is 0.351 e. The first kappa shape index (κ1) is 16.5. The third-order valence-corrected chi connectivity index (χ3v) is 6.39. The summed E-state index contributed by atoms with van der Waals surface area (Å²) in [5.41, 5.74) is -0.213. The lowest BCUT2D eigenvalue weighted by atomic mass is 9.95. The van der Waals surface area contributed by atoms with E-state index in [9.17, 15) is 13.2 Å². The Morgan fingerprint density at radius 3 is 2.37 bits per heavy atom. The lowest BCUT2D eigenvalue weighted by Crippen LogP contribution is -2.45. The van der Waals surface area contributed by atoms with E-state index in [2.05, 4.69) is 5.32 Å². The molecule has 0 aliphatic carbocycles. The van der Waals surface area contributed by atoms with E-state index in [0.29, 0.717) is 4.88 Å². The van der Waals surface area contributed by atoms with Gasteiger partial charge in [-0.25, -0.2) is 8.42 Å². The molecule has 1 rings (SSSR count). The zero-order chi connectivity index (χ0) is 14.7. The van der Waals surface area contributed by atoms with Crippen LogP contribution in [0.2, 0.25) is 0 Å². The summed E-state index contributed by atoms with van der Waals surface area (Å²) in [6.45, 7) is 6.04. The van der Waals surface area contributed by atoms with Crippen molar-refractivity contribution in [2.45, 2.75) is 49.8 Å². The van der Waals surface area contributed by atoms with E-state index >= 15 is 0 Å². The Labute approximate surface area is 122 Å². The van der Waals surface area contributed by atoms with Gasteiger partial charge in [0, 0.05) is 21.1 Å². The maximum Gasteiger partial charge on any atom is 0.270 e. The molecule has 0 atom stereocenters. The molecule has 7 heteroatoms. The number of amides is 1. The third kappa shape index (κ3) is 4.78. The van der Waals surface area contributed by atoms with Crippen LogP contribution >= 0.6 is 22.0 Å². The highest BCUT2D eigenvalue weighted by atomic mass is 35.7. The van der Waals surface area contributed by atoms with Gasteiger partial charge >= 0.3 is 0 Å². The van der Waals surface area contributed by atoms with E-state index in [1.807, 2.05) is 20.8 Å². The number of hydrogen-bond acceptors (Lipinski definition) is 4. The smallest absolute Gasteiger partial charge is 0.270 e. The van der Waals surface area contributed by atoms with Crippen LogP contribution in [0.15, 0.2) is 16.3 Å². The first-order chi connectivity index (χ1) is 8.70. The maximum absolute atomic E-state index is 11.9. The minimum absolute atomic E-state index is 0.0747. The number of carbonyl (C=O) groups is 1. The fourth-order valence-corrected chi connectivity index (χ4v) is 3.67. The van der Waals surface area contributed by atoms with Crippen molar-refractivity contribution in [3.8, 4) is 0 Å². The van der Waals surface area contributed by atoms with E-state index < -0.39 is 9.05 Å². The molecule has 0 spiro atoms. The lowest BCUT2D eigenvalue weighted by Gasteiger charge is -2.28. The van der Waals surface area contributed by atoms with Gasteiger partial charge in [-0.05, 0) is 31.9 Å². The van der Waals surface area contributed by atoms with Crippen molar-refractivity contribution < 1.29 is 13.2 Å². The minimum atomic E-state index is -3.70. The summed E-state index contributed by atoms with van der Waals surface area (Å²) in [5.74, 6) is -0.105. The zero-order valence-electron chi connectivity index (χ0n) is 11.2. The summed E-state index contributed by atoms with van der Waals surface area (Å²) in [6.07, 6.45) is 1.87. The van der Waals surface area contributed by atoms with Crippen LogP contribution in [-0.4, -0.2) is 19.9 Å². The van der Waals surface area contributed by atoms with Gasteiger partial charge in [-0.1, -0.05) is 13.8 Å². The zero-order valence-corrected chi connectivity index (χ0v) is 13.6. The van der Waals surface area contributed by atoms with E-state index in [0.717, 1.165) is 24.2 Å². The van der Waals surface area contributed by atoms with Gasteiger partial charge in [-0.3, -0.25) is 4.79 Å². The van der Waals surface area contributed by atoms with Crippen LogP contribution in [0.25, 0.3) is 0 Å². The first-order valence-corrected chi connectivity index (χ1v) is 9.17. The summed E-state index contributed by atoms with van der Waals surface area (Å²) >= 11 is 1.03. The highest BCUT2D eigenvalue weighted by Gasteiger charge is 2.22. The molecule has 0 aliphatic heterocycles.